The summed E-state index contributed by atoms with van der Waals surface area (Å²) in [6.45, 7) is 0.0888. The molecule has 0 bridgehead atoms. The minimum absolute atomic E-state index is 0.157. The molecule has 3 aromatic carbocycles. The van der Waals surface area contributed by atoms with Crippen LogP contribution < -0.4 is 9.62 Å². The highest BCUT2D eigenvalue weighted by Gasteiger charge is 2.35. The van der Waals surface area contributed by atoms with Crippen LogP contribution in [0.3, 0.4) is 0 Å². The Morgan fingerprint density at radius 3 is 2.52 bits per heavy atom. The molecule has 1 amide bonds. The first kappa shape index (κ1) is 24.2. The average molecular weight is 542 g/mol. The van der Waals surface area contributed by atoms with Gasteiger partial charge in [-0.3, -0.25) is 9.10 Å². The van der Waals surface area contributed by atoms with E-state index in [1.165, 1.54) is 0 Å². The second-order valence-corrected chi connectivity index (χ2v) is 11.5. The molecule has 0 fully saturated rings. The SMILES string of the molecule is O=C(CN1c2ccc(Cl)cc2-c2ccccc2S1(=O)=O)NCCSCc1ccc(Cl)c(Cl)c1. The molecule has 4 rings (SSSR count). The number of thioether (sulfide) groups is 1. The first-order valence-corrected chi connectivity index (χ1v) is 13.7. The second-order valence-electron chi connectivity index (χ2n) is 7.32. The Morgan fingerprint density at radius 1 is 0.939 bits per heavy atom. The van der Waals surface area contributed by atoms with E-state index >= 15 is 0 Å². The molecular weight excluding hydrogens is 523 g/mol. The van der Waals surface area contributed by atoms with Gasteiger partial charge in [0.15, 0.2) is 0 Å². The molecule has 0 aliphatic carbocycles. The minimum Gasteiger partial charge on any atom is -0.354 e. The number of carbonyl (C=O) groups is 1. The molecule has 3 aromatic rings. The van der Waals surface area contributed by atoms with Crippen LogP contribution in [0.2, 0.25) is 15.1 Å². The second kappa shape index (κ2) is 10.2. The van der Waals surface area contributed by atoms with E-state index in [4.69, 9.17) is 34.8 Å². The predicted octanol–water partition coefficient (Wildman–Crippen LogP) is 5.87. The lowest BCUT2D eigenvalue weighted by atomic mass is 10.0. The fourth-order valence-electron chi connectivity index (χ4n) is 3.54. The van der Waals surface area contributed by atoms with Crippen LogP contribution in [0.5, 0.6) is 0 Å². The van der Waals surface area contributed by atoms with Crippen LogP contribution in [0.4, 0.5) is 5.69 Å². The van der Waals surface area contributed by atoms with Crippen LogP contribution in [0.25, 0.3) is 11.1 Å². The maximum atomic E-state index is 13.3. The maximum Gasteiger partial charge on any atom is 0.265 e. The topological polar surface area (TPSA) is 66.5 Å². The molecule has 0 spiro atoms. The molecule has 0 unspecified atom stereocenters. The molecule has 5 nitrogen and oxygen atoms in total. The standard InChI is InChI=1S/C23H19Cl3N2O3S2/c24-16-6-8-21-18(12-16)17-3-1-2-4-22(17)33(30,31)28(21)13-23(29)27-9-10-32-14-15-5-7-19(25)20(26)11-15/h1-8,11-12H,9-10,13-14H2,(H,27,29). The molecule has 0 aromatic heterocycles. The summed E-state index contributed by atoms with van der Waals surface area (Å²) in [5, 5.41) is 4.31. The van der Waals surface area contributed by atoms with Gasteiger partial charge in [-0.25, -0.2) is 8.42 Å². The number of benzene rings is 3. The van der Waals surface area contributed by atoms with Crippen molar-refractivity contribution in [2.45, 2.75) is 10.6 Å². The summed E-state index contributed by atoms with van der Waals surface area (Å²) in [6, 6.07) is 17.2. The van der Waals surface area contributed by atoms with Gasteiger partial charge in [0.25, 0.3) is 10.0 Å². The molecular formula is C23H19Cl3N2O3S2. The Bertz CT molecular complexity index is 1320. The number of nitrogens with zero attached hydrogens (tertiary/aromatic N) is 1. The first-order valence-electron chi connectivity index (χ1n) is 9.97. The number of nitrogens with one attached hydrogen (secondary N) is 1. The molecule has 172 valence electrons. The van der Waals surface area contributed by atoms with E-state index in [0.717, 1.165) is 15.6 Å². The summed E-state index contributed by atoms with van der Waals surface area (Å²) >= 11 is 19.7. The number of halogens is 3. The Morgan fingerprint density at radius 2 is 1.73 bits per heavy atom. The highest BCUT2D eigenvalue weighted by Crippen LogP contribution is 2.43. The summed E-state index contributed by atoms with van der Waals surface area (Å²) in [5.41, 5.74) is 2.72. The van der Waals surface area contributed by atoms with Crippen molar-refractivity contribution in [2.75, 3.05) is 23.1 Å². The Hall–Kier alpha value is -1.90. The van der Waals surface area contributed by atoms with Crippen molar-refractivity contribution in [3.63, 3.8) is 0 Å². The van der Waals surface area contributed by atoms with Crippen LogP contribution in [0, 0.1) is 0 Å². The zero-order valence-corrected chi connectivity index (χ0v) is 21.1. The molecule has 33 heavy (non-hydrogen) atoms. The van der Waals surface area contributed by atoms with Gasteiger partial charge in [0, 0.05) is 34.2 Å². The predicted molar refractivity (Wildman–Crippen MR) is 137 cm³/mol. The lowest BCUT2D eigenvalue weighted by Crippen LogP contribution is -2.43. The molecule has 1 heterocycles. The van der Waals surface area contributed by atoms with E-state index in [1.807, 2.05) is 12.1 Å². The lowest BCUT2D eigenvalue weighted by Gasteiger charge is -2.31. The number of anilines is 1. The number of carbonyl (C=O) groups excluding carboxylic acids is 1. The summed E-state index contributed by atoms with van der Waals surface area (Å²) in [5.74, 6) is 1.00. The molecule has 1 aliphatic heterocycles. The monoisotopic (exact) mass is 540 g/mol. The van der Waals surface area contributed by atoms with Gasteiger partial charge in [-0.15, -0.1) is 0 Å². The van der Waals surface area contributed by atoms with E-state index in [0.29, 0.717) is 44.2 Å². The van der Waals surface area contributed by atoms with Gasteiger partial charge < -0.3 is 5.32 Å². The van der Waals surface area contributed by atoms with E-state index in [2.05, 4.69) is 5.32 Å². The average Bonchev–Trinajstić information content (AvgIpc) is 2.79. The molecule has 0 saturated carbocycles. The van der Waals surface area contributed by atoms with Gasteiger partial charge in [0.05, 0.1) is 20.6 Å². The van der Waals surface area contributed by atoms with Crippen molar-refractivity contribution < 1.29 is 13.2 Å². The van der Waals surface area contributed by atoms with Crippen LogP contribution in [-0.2, 0) is 20.6 Å². The van der Waals surface area contributed by atoms with Crippen LogP contribution in [0.15, 0.2) is 65.6 Å². The van der Waals surface area contributed by atoms with Gasteiger partial charge in [-0.2, -0.15) is 11.8 Å². The fraction of sp³-hybridized carbons (Fsp3) is 0.174. The Kier molecular flexibility index (Phi) is 7.46. The quantitative estimate of drug-likeness (QED) is 0.380. The van der Waals surface area contributed by atoms with Crippen molar-refractivity contribution in [3.05, 3.63) is 81.3 Å². The van der Waals surface area contributed by atoms with Gasteiger partial charge in [0.1, 0.15) is 6.54 Å². The van der Waals surface area contributed by atoms with Crippen LogP contribution >= 0.6 is 46.6 Å². The molecule has 0 saturated heterocycles. The highest BCUT2D eigenvalue weighted by molar-refractivity contribution is 7.98. The first-order chi connectivity index (χ1) is 15.8. The number of rotatable bonds is 7. The summed E-state index contributed by atoms with van der Waals surface area (Å²) in [6.07, 6.45) is 0. The number of hydrogen-bond acceptors (Lipinski definition) is 4. The fourth-order valence-corrected chi connectivity index (χ4v) is 6.49. The zero-order valence-electron chi connectivity index (χ0n) is 17.2. The summed E-state index contributed by atoms with van der Waals surface area (Å²) in [4.78, 5) is 12.8. The van der Waals surface area contributed by atoms with Gasteiger partial charge >= 0.3 is 0 Å². The highest BCUT2D eigenvalue weighted by atomic mass is 35.5. The normalized spacial score (nSPS) is 13.8. The third-order valence-corrected chi connectivity index (χ3v) is 8.90. The lowest BCUT2D eigenvalue weighted by molar-refractivity contribution is -0.119. The zero-order chi connectivity index (χ0) is 23.6. The minimum atomic E-state index is -3.88. The number of fused-ring (bicyclic) bond motifs is 3. The van der Waals surface area contributed by atoms with E-state index in [1.54, 1.807) is 60.3 Å². The molecule has 1 aliphatic rings. The number of hydrogen-bond donors (Lipinski definition) is 1. The number of sulfonamides is 1. The molecule has 0 radical (unpaired) electrons. The Labute approximate surface area is 212 Å². The number of amides is 1. The largest absolute Gasteiger partial charge is 0.354 e. The van der Waals surface area contributed by atoms with Crippen molar-refractivity contribution in [1.82, 2.24) is 5.32 Å². The van der Waals surface area contributed by atoms with Gasteiger partial charge in [-0.1, -0.05) is 59.1 Å². The molecule has 0 atom stereocenters. The van der Waals surface area contributed by atoms with Crippen LogP contribution in [-0.4, -0.2) is 33.2 Å². The Balaban J connectivity index is 1.40. The summed E-state index contributed by atoms with van der Waals surface area (Å²) < 4.78 is 27.7. The van der Waals surface area contributed by atoms with E-state index in [-0.39, 0.29) is 17.3 Å². The third-order valence-electron chi connectivity index (χ3n) is 5.08. The maximum absolute atomic E-state index is 13.3. The van der Waals surface area contributed by atoms with Crippen molar-refractivity contribution in [1.29, 1.82) is 0 Å². The van der Waals surface area contributed by atoms with E-state index < -0.39 is 10.0 Å². The van der Waals surface area contributed by atoms with Gasteiger partial charge in [-0.05, 0) is 42.0 Å². The third kappa shape index (κ3) is 5.28. The van der Waals surface area contributed by atoms with Gasteiger partial charge in [0.2, 0.25) is 5.91 Å². The molecule has 10 heteroatoms. The van der Waals surface area contributed by atoms with Crippen LogP contribution in [0.1, 0.15) is 5.56 Å². The molecule has 1 N–H and O–H groups in total. The van der Waals surface area contributed by atoms with Crippen molar-refractivity contribution in [3.8, 4) is 11.1 Å². The summed E-state index contributed by atoms with van der Waals surface area (Å²) in [7, 11) is -3.88. The van der Waals surface area contributed by atoms with Crippen molar-refractivity contribution in [2.24, 2.45) is 0 Å². The smallest absolute Gasteiger partial charge is 0.265 e. The van der Waals surface area contributed by atoms with E-state index in [9.17, 15) is 13.2 Å². The van der Waals surface area contributed by atoms with Crippen molar-refractivity contribution >= 4 is 68.2 Å².